The third-order valence-electron chi connectivity index (χ3n) is 20.0. The second kappa shape index (κ2) is 42.0. The zero-order chi connectivity index (χ0) is 94.3. The smallest absolute Gasteiger partial charge is 0.366 e. The summed E-state index contributed by atoms with van der Waals surface area (Å²) in [6.45, 7) is 8.72. The van der Waals surface area contributed by atoms with Crippen molar-refractivity contribution in [3.05, 3.63) is 321 Å². The summed E-state index contributed by atoms with van der Waals surface area (Å²) in [5.41, 5.74) is 4.23. The van der Waals surface area contributed by atoms with E-state index in [0.717, 1.165) is 99.4 Å². The Bertz CT molecular complexity index is 5970. The first-order chi connectivity index (χ1) is 60.9. The van der Waals surface area contributed by atoms with Crippen molar-refractivity contribution in [1.29, 1.82) is 0 Å². The fourth-order valence-electron chi connectivity index (χ4n) is 14.1. The number of hydrogen-bond donors (Lipinski definition) is 6. The van der Waals surface area contributed by atoms with Gasteiger partial charge in [0, 0.05) is 86.2 Å². The Morgan fingerprint density at radius 1 is 0.403 bits per heavy atom. The van der Waals surface area contributed by atoms with Crippen LogP contribution in [0.2, 0.25) is 0 Å². The third-order valence-corrected chi connectivity index (χ3v) is 20.0. The molecule has 39 heteroatoms. The molecule has 6 heterocycles. The van der Waals surface area contributed by atoms with Gasteiger partial charge in [-0.05, 0) is 187 Å². The van der Waals surface area contributed by atoms with Crippen LogP contribution in [0.4, 0.5) is 79.0 Å². The van der Waals surface area contributed by atoms with Crippen molar-refractivity contribution in [3.8, 4) is 33.4 Å². The number of benzene rings is 6. The van der Waals surface area contributed by atoms with E-state index in [9.17, 15) is 108 Å². The van der Waals surface area contributed by atoms with E-state index in [1.54, 1.807) is 71.0 Å². The summed E-state index contributed by atoms with van der Waals surface area (Å²) in [5.74, 6) is -12.3. The van der Waals surface area contributed by atoms with Crippen LogP contribution in [0.1, 0.15) is 172 Å². The molecule has 6 atom stereocenters. The van der Waals surface area contributed by atoms with Crippen molar-refractivity contribution in [2.24, 2.45) is 17.6 Å². The molecule has 6 aromatic carbocycles. The largest absolute Gasteiger partial charge is 0.435 e. The molecule has 21 nitrogen and oxygen atoms in total. The van der Waals surface area contributed by atoms with E-state index in [1.807, 2.05) is 0 Å². The first-order valence-corrected chi connectivity index (χ1v) is 39.5. The van der Waals surface area contributed by atoms with E-state index in [4.69, 9.17) is 5.73 Å². The molecule has 12 rings (SSSR count). The van der Waals surface area contributed by atoms with Crippen LogP contribution in [0, 0.1) is 64.2 Å². The number of halogens is 18. The number of amides is 6. The maximum absolute atomic E-state index is 14.5. The van der Waals surface area contributed by atoms with Crippen molar-refractivity contribution in [1.82, 2.24) is 70.9 Å². The van der Waals surface area contributed by atoms with E-state index in [1.165, 1.54) is 69.1 Å². The minimum Gasteiger partial charge on any atom is -0.366 e. The minimum absolute atomic E-state index is 0.0641. The van der Waals surface area contributed by atoms with E-state index in [0.29, 0.717) is 57.8 Å². The van der Waals surface area contributed by atoms with Crippen LogP contribution in [0.25, 0.3) is 33.4 Å². The molecule has 0 unspecified atom stereocenters. The number of pyridine rings is 3. The van der Waals surface area contributed by atoms with E-state index in [-0.39, 0.29) is 95.3 Å². The lowest BCUT2D eigenvalue weighted by molar-refractivity contribution is -0.142. The first kappa shape index (κ1) is 97.2. The highest BCUT2D eigenvalue weighted by Gasteiger charge is 2.39. The van der Waals surface area contributed by atoms with Gasteiger partial charge >= 0.3 is 18.5 Å². The molecule has 0 spiro atoms. The molecule has 0 bridgehead atoms. The Balaban J connectivity index is 0.000000201. The molecule has 0 saturated carbocycles. The zero-order valence-corrected chi connectivity index (χ0v) is 69.3. The van der Waals surface area contributed by atoms with Crippen LogP contribution in [0.5, 0.6) is 0 Å². The maximum atomic E-state index is 14.5. The first-order valence-electron chi connectivity index (χ1n) is 39.5. The van der Waals surface area contributed by atoms with Crippen LogP contribution in [-0.2, 0) is 52.2 Å². The molecule has 0 aliphatic carbocycles. The van der Waals surface area contributed by atoms with Gasteiger partial charge in [-0.2, -0.15) is 54.8 Å². The summed E-state index contributed by atoms with van der Waals surface area (Å²) in [7, 11) is 2.69. The van der Waals surface area contributed by atoms with Gasteiger partial charge in [0.2, 0.25) is 17.7 Å². The number of primary amides is 1. The molecule has 6 aromatic heterocycles. The number of aromatic nitrogens is 9. The lowest BCUT2D eigenvalue weighted by Crippen LogP contribution is -2.37. The van der Waals surface area contributed by atoms with Crippen molar-refractivity contribution in [2.75, 3.05) is 14.1 Å². The number of carbonyl (C=O) groups excluding carboxylic acids is 6. The van der Waals surface area contributed by atoms with Gasteiger partial charge in [-0.3, -0.25) is 57.8 Å². The quantitative estimate of drug-likeness (QED) is 0.0239. The van der Waals surface area contributed by atoms with Crippen LogP contribution < -0.4 is 32.3 Å². The van der Waals surface area contributed by atoms with Crippen molar-refractivity contribution < 1.29 is 108 Å². The van der Waals surface area contributed by atoms with Gasteiger partial charge in [-0.25, -0.2) is 39.5 Å². The summed E-state index contributed by atoms with van der Waals surface area (Å²) in [5, 5.41) is 23.9. The summed E-state index contributed by atoms with van der Waals surface area (Å²) in [4.78, 5) is 90.5. The molecule has 6 amide bonds. The number of nitrogens with zero attached hydrogens (tertiary/aromatic N) is 9. The standard InChI is InChI=1S/C31H29F6N5O2.C30H27F6N5O2.C29H25F6N5O2/c1-17(2)11-26(42-10-8-27(41-42)31(35,36)37)30(44)40-25(14-18-12-20(32)16-21(33)13-18)28-22(5-4-9-39-28)19-6-7-24(34)23(15-19)29(43)38-3;1-16(2)10-25(41-9-7-26(40-41)30(34,35)36)29(43)39-24(13-17-11-19(31)15-20(32)12-17)27-21(4-3-8-38-27)18-5-6-23(33)22(14-18)28(37)42;1-3-25(40-15-18(14-38-40)29(33,34)35)28(42)39-24(11-16-9-19(30)13-20(31)10-16)26-21(5-4-8-37-26)17-6-7-23(32)22(12-17)27(41)36-2/h4-10,12-13,15-17,25-26H,11,14H2,1-3H3,(H,38,43)(H,40,44);3-9,11-12,14-16,24-25H,10,13H2,1-2H3,(H2,37,42)(H,39,43);4-10,12-15,24-25H,3,11H2,1-2H3,(H,36,41)(H,39,42)/t25-,26+;24-,25-;24-,25+/m000/s1. The SMILES string of the molecule is CC(C)C[C@@H](C(=O)N[C@@H](Cc1cc(F)cc(F)c1)c1ncccc1-c1ccc(F)c(C(N)=O)c1)n1ccc(C(F)(F)F)n1.CC[C@H](C(=O)N[C@@H](Cc1cc(F)cc(F)c1)c1ncccc1-c1ccc(F)c(C(=O)NC)c1)n1cc(C(F)(F)F)cn1.CNC(=O)c1cc(-c2cccnc2[C@H](Cc2cc(F)cc(F)c2)NC(=O)[C@@H](CC(C)C)n2ccc(C(F)(F)F)n2)ccc1F. The number of rotatable bonds is 29. The van der Waals surface area contributed by atoms with Gasteiger partial charge in [0.15, 0.2) is 11.4 Å². The van der Waals surface area contributed by atoms with E-state index in [2.05, 4.69) is 56.8 Å². The van der Waals surface area contributed by atoms with Gasteiger partial charge in [-0.1, -0.05) is 71.0 Å². The highest BCUT2D eigenvalue weighted by atomic mass is 19.4. The summed E-state index contributed by atoms with van der Waals surface area (Å²) in [6, 6.07) is 24.1. The van der Waals surface area contributed by atoms with Crippen LogP contribution in [0.15, 0.2) is 201 Å². The summed E-state index contributed by atoms with van der Waals surface area (Å²) >= 11 is 0. The van der Waals surface area contributed by atoms with E-state index < -0.39 is 165 Å². The Hall–Kier alpha value is -14.0. The lowest BCUT2D eigenvalue weighted by atomic mass is 9.93. The normalized spacial score (nSPS) is 13.0. The summed E-state index contributed by atoms with van der Waals surface area (Å²) < 4.78 is 250. The van der Waals surface area contributed by atoms with Gasteiger partial charge in [0.25, 0.3) is 17.7 Å². The molecule has 0 fully saturated rings. The van der Waals surface area contributed by atoms with Crippen LogP contribution in [0.3, 0.4) is 0 Å². The Morgan fingerprint density at radius 3 is 1.00 bits per heavy atom. The fraction of sp³-hybridized carbons (Fsp3) is 0.267. The van der Waals surface area contributed by atoms with Gasteiger partial charge in [-0.15, -0.1) is 0 Å². The predicted octanol–water partition coefficient (Wildman–Crippen LogP) is 18.4. The molecule has 0 saturated heterocycles. The molecular formula is C90H81F18N15O6. The lowest BCUT2D eigenvalue weighted by Gasteiger charge is -2.25. The third kappa shape index (κ3) is 25.4. The van der Waals surface area contributed by atoms with Crippen molar-refractivity contribution in [2.45, 2.75) is 128 Å². The number of hydrogen-bond acceptors (Lipinski definition) is 12. The Labute approximate surface area is 725 Å². The summed E-state index contributed by atoms with van der Waals surface area (Å²) in [6.07, 6.45) is -6.66. The van der Waals surface area contributed by atoms with Gasteiger partial charge < -0.3 is 32.3 Å². The zero-order valence-electron chi connectivity index (χ0n) is 69.3. The molecule has 12 aromatic rings. The fourth-order valence-corrected chi connectivity index (χ4v) is 14.1. The Morgan fingerprint density at radius 2 is 0.721 bits per heavy atom. The average Bonchev–Trinajstić information content (AvgIpc) is 0.911. The van der Waals surface area contributed by atoms with Crippen LogP contribution >= 0.6 is 0 Å². The number of nitrogens with two attached hydrogens (primary N) is 1. The number of nitrogens with one attached hydrogen (secondary N) is 5. The molecule has 0 radical (unpaired) electrons. The number of carbonyl (C=O) groups is 6. The highest BCUT2D eigenvalue weighted by Crippen LogP contribution is 2.39. The van der Waals surface area contributed by atoms with Gasteiger partial charge in [0.1, 0.15) is 70.5 Å². The molecule has 129 heavy (non-hydrogen) atoms. The van der Waals surface area contributed by atoms with Crippen molar-refractivity contribution >= 4 is 35.4 Å². The monoisotopic (exact) mass is 1810 g/mol. The second-order valence-corrected chi connectivity index (χ2v) is 30.3. The number of alkyl halides is 9. The molecular weight excluding hydrogens is 1730 g/mol. The van der Waals surface area contributed by atoms with Gasteiger partial charge in [0.05, 0.1) is 63.7 Å². The molecule has 7 N–H and O–H groups in total. The molecule has 678 valence electrons. The average molecular weight is 1810 g/mol. The minimum atomic E-state index is -4.73. The maximum Gasteiger partial charge on any atom is 0.435 e. The molecule has 0 aliphatic heterocycles. The molecule has 0 aliphatic rings. The highest BCUT2D eigenvalue weighted by molar-refractivity contribution is 5.97. The second-order valence-electron chi connectivity index (χ2n) is 30.3. The van der Waals surface area contributed by atoms with E-state index >= 15 is 0 Å². The van der Waals surface area contributed by atoms with Crippen molar-refractivity contribution in [3.63, 3.8) is 0 Å². The predicted molar refractivity (Wildman–Crippen MR) is 435 cm³/mol. The topological polar surface area (TPSA) is 281 Å². The van der Waals surface area contributed by atoms with Crippen LogP contribution in [-0.4, -0.2) is 93.8 Å². The Kier molecular flexibility index (Phi) is 31.7.